The Balaban J connectivity index is 2.02. The van der Waals surface area contributed by atoms with Crippen molar-refractivity contribution >= 4 is 26.7 Å². The van der Waals surface area contributed by atoms with Crippen molar-refractivity contribution in [2.75, 3.05) is 0 Å². The molecule has 9 nitrogen and oxygen atoms in total. The van der Waals surface area contributed by atoms with Crippen LogP contribution in [0.3, 0.4) is 0 Å². The van der Waals surface area contributed by atoms with Crippen LogP contribution in [0.4, 0.5) is 5.69 Å². The molecular formula is C19H18N2O7S. The van der Waals surface area contributed by atoms with Crippen LogP contribution in [0.5, 0.6) is 11.5 Å². The van der Waals surface area contributed by atoms with Gasteiger partial charge in [0.15, 0.2) is 0 Å². The molecule has 0 aliphatic carbocycles. The second-order valence-electron chi connectivity index (χ2n) is 6.67. The zero-order valence-corrected chi connectivity index (χ0v) is 16.6. The molecule has 152 valence electrons. The second-order valence-corrected chi connectivity index (χ2v) is 8.39. The van der Waals surface area contributed by atoms with Crippen LogP contribution in [-0.4, -0.2) is 19.4 Å². The summed E-state index contributed by atoms with van der Waals surface area (Å²) in [6, 6.07) is 9.04. The Morgan fingerprint density at radius 1 is 1.14 bits per heavy atom. The van der Waals surface area contributed by atoms with Gasteiger partial charge in [-0.15, -0.1) is 0 Å². The van der Waals surface area contributed by atoms with Crippen LogP contribution in [0.25, 0.3) is 11.0 Å². The first-order chi connectivity index (χ1) is 13.6. The monoisotopic (exact) mass is 418 g/mol. The van der Waals surface area contributed by atoms with Gasteiger partial charge in [0.1, 0.15) is 11.3 Å². The van der Waals surface area contributed by atoms with E-state index in [1.165, 1.54) is 24.3 Å². The molecule has 1 heterocycles. The van der Waals surface area contributed by atoms with Crippen molar-refractivity contribution in [2.24, 2.45) is 0 Å². The topological polar surface area (TPSA) is 129 Å². The number of ether oxygens (including phenoxy) is 1. The third kappa shape index (κ3) is 4.44. The summed E-state index contributed by atoms with van der Waals surface area (Å²) in [5.74, 6) is 0.0538. The summed E-state index contributed by atoms with van der Waals surface area (Å²) in [6.45, 7) is 5.04. The third-order valence-electron chi connectivity index (χ3n) is 3.98. The molecule has 0 atom stereocenters. The van der Waals surface area contributed by atoms with Crippen LogP contribution in [-0.2, 0) is 10.0 Å². The number of nitro benzene ring substituents is 1. The van der Waals surface area contributed by atoms with Crippen molar-refractivity contribution < 1.29 is 22.5 Å². The van der Waals surface area contributed by atoms with Gasteiger partial charge in [-0.1, -0.05) is 0 Å². The lowest BCUT2D eigenvalue weighted by molar-refractivity contribution is -0.385. The van der Waals surface area contributed by atoms with E-state index >= 15 is 0 Å². The first kappa shape index (κ1) is 20.5. The van der Waals surface area contributed by atoms with Gasteiger partial charge in [-0.3, -0.25) is 10.1 Å². The lowest BCUT2D eigenvalue weighted by Gasteiger charge is -2.11. The number of hydrogen-bond acceptors (Lipinski definition) is 7. The number of hydrogen-bond donors (Lipinski definition) is 1. The van der Waals surface area contributed by atoms with Crippen LogP contribution >= 0.6 is 0 Å². The fourth-order valence-corrected chi connectivity index (χ4v) is 4.04. The molecule has 0 radical (unpaired) electrons. The fourth-order valence-electron chi connectivity index (χ4n) is 2.77. The van der Waals surface area contributed by atoms with Crippen molar-refractivity contribution in [2.45, 2.75) is 31.7 Å². The lowest BCUT2D eigenvalue weighted by Crippen LogP contribution is -2.30. The minimum atomic E-state index is -3.90. The second kappa shape index (κ2) is 7.64. The highest BCUT2D eigenvalue weighted by Gasteiger charge is 2.23. The van der Waals surface area contributed by atoms with Gasteiger partial charge in [-0.05, 0) is 50.6 Å². The normalized spacial score (nSPS) is 11.7. The maximum atomic E-state index is 12.3. The van der Waals surface area contributed by atoms with Crippen molar-refractivity contribution in [1.29, 1.82) is 0 Å². The van der Waals surface area contributed by atoms with Gasteiger partial charge < -0.3 is 9.15 Å². The molecule has 0 fully saturated rings. The summed E-state index contributed by atoms with van der Waals surface area (Å²) >= 11 is 0. The van der Waals surface area contributed by atoms with Gasteiger partial charge >= 0.3 is 11.3 Å². The van der Waals surface area contributed by atoms with Gasteiger partial charge in [-0.25, -0.2) is 17.9 Å². The van der Waals surface area contributed by atoms with Crippen molar-refractivity contribution in [1.82, 2.24) is 4.72 Å². The van der Waals surface area contributed by atoms with Gasteiger partial charge in [0.2, 0.25) is 15.8 Å². The molecule has 0 saturated heterocycles. The molecule has 0 spiro atoms. The highest BCUT2D eigenvalue weighted by atomic mass is 32.2. The number of benzene rings is 2. The maximum Gasteiger partial charge on any atom is 0.336 e. The molecule has 3 aromatic rings. The molecule has 29 heavy (non-hydrogen) atoms. The van der Waals surface area contributed by atoms with E-state index in [9.17, 15) is 23.3 Å². The summed E-state index contributed by atoms with van der Waals surface area (Å²) in [5.41, 5.74) is -0.0377. The quantitative estimate of drug-likeness (QED) is 0.368. The van der Waals surface area contributed by atoms with Crippen LogP contribution < -0.4 is 15.1 Å². The standard InChI is InChI=1S/C19H18N2O7S/c1-11(2)20-29(25,26)14-5-7-17(16(10-14)21(23)24)27-13-4-6-15-12(3)8-19(22)28-18(15)9-13/h4-11,20H,1-3H3. The summed E-state index contributed by atoms with van der Waals surface area (Å²) < 4.78 is 37.7. The molecule has 1 aromatic heterocycles. The largest absolute Gasteiger partial charge is 0.450 e. The SMILES string of the molecule is Cc1cc(=O)oc2cc(Oc3ccc(S(=O)(=O)NC(C)C)cc3[N+](=O)[O-])ccc12. The molecule has 3 rings (SSSR count). The zero-order chi connectivity index (χ0) is 21.3. The lowest BCUT2D eigenvalue weighted by atomic mass is 10.1. The van der Waals surface area contributed by atoms with E-state index in [1.807, 2.05) is 0 Å². The summed E-state index contributed by atoms with van der Waals surface area (Å²) in [4.78, 5) is 22.1. The Labute approximate surface area is 166 Å². The molecule has 1 N–H and O–H groups in total. The molecule has 0 bridgehead atoms. The van der Waals surface area contributed by atoms with E-state index in [1.54, 1.807) is 32.9 Å². The maximum absolute atomic E-state index is 12.3. The van der Waals surface area contributed by atoms with Crippen LogP contribution in [0.15, 0.2) is 56.6 Å². The average Bonchev–Trinajstić information content (AvgIpc) is 2.60. The number of sulfonamides is 1. The first-order valence-corrected chi connectivity index (χ1v) is 10.1. The Bertz CT molecular complexity index is 1260. The molecular weight excluding hydrogens is 400 g/mol. The van der Waals surface area contributed by atoms with E-state index in [4.69, 9.17) is 9.15 Å². The molecule has 0 unspecified atom stereocenters. The predicted octanol–water partition coefficient (Wildman–Crippen LogP) is 3.49. The first-order valence-electron chi connectivity index (χ1n) is 8.60. The Morgan fingerprint density at radius 2 is 1.86 bits per heavy atom. The Hall–Kier alpha value is -3.24. The number of aryl methyl sites for hydroxylation is 1. The summed E-state index contributed by atoms with van der Waals surface area (Å²) in [7, 11) is -3.90. The van der Waals surface area contributed by atoms with Crippen molar-refractivity contribution in [3.8, 4) is 11.5 Å². The summed E-state index contributed by atoms with van der Waals surface area (Å²) in [5, 5.41) is 12.2. The average molecular weight is 418 g/mol. The number of nitrogens with one attached hydrogen (secondary N) is 1. The van der Waals surface area contributed by atoms with Crippen molar-refractivity contribution in [3.05, 3.63) is 68.6 Å². The van der Waals surface area contributed by atoms with E-state index in [2.05, 4.69) is 4.72 Å². The molecule has 0 aliphatic heterocycles. The van der Waals surface area contributed by atoms with Gasteiger partial charge in [0.25, 0.3) is 0 Å². The number of nitro groups is 1. The molecule has 2 aromatic carbocycles. The van der Waals surface area contributed by atoms with Gasteiger partial charge in [-0.2, -0.15) is 0 Å². The third-order valence-corrected chi connectivity index (χ3v) is 5.64. The van der Waals surface area contributed by atoms with Crippen LogP contribution in [0.2, 0.25) is 0 Å². The minimum absolute atomic E-state index is 0.146. The number of fused-ring (bicyclic) bond motifs is 1. The van der Waals surface area contributed by atoms with E-state index in [-0.39, 0.29) is 28.0 Å². The number of rotatable bonds is 6. The highest BCUT2D eigenvalue weighted by Crippen LogP contribution is 2.34. The molecule has 10 heteroatoms. The van der Waals surface area contributed by atoms with Crippen LogP contribution in [0.1, 0.15) is 19.4 Å². The zero-order valence-electron chi connectivity index (χ0n) is 15.8. The minimum Gasteiger partial charge on any atom is -0.450 e. The van der Waals surface area contributed by atoms with E-state index in [0.29, 0.717) is 5.39 Å². The molecule has 0 amide bonds. The van der Waals surface area contributed by atoms with Crippen molar-refractivity contribution in [3.63, 3.8) is 0 Å². The number of nitrogens with zero attached hydrogens (tertiary/aromatic N) is 1. The van der Waals surface area contributed by atoms with E-state index < -0.39 is 26.3 Å². The highest BCUT2D eigenvalue weighted by molar-refractivity contribution is 7.89. The van der Waals surface area contributed by atoms with Crippen LogP contribution in [0, 0.1) is 17.0 Å². The smallest absolute Gasteiger partial charge is 0.336 e. The summed E-state index contributed by atoms with van der Waals surface area (Å²) in [6.07, 6.45) is 0. The fraction of sp³-hybridized carbons (Fsp3) is 0.211. The van der Waals surface area contributed by atoms with Gasteiger partial charge in [0.05, 0.1) is 9.82 Å². The Morgan fingerprint density at radius 3 is 2.52 bits per heavy atom. The van der Waals surface area contributed by atoms with E-state index in [0.717, 1.165) is 11.6 Å². The predicted molar refractivity (Wildman–Crippen MR) is 106 cm³/mol. The molecule has 0 saturated carbocycles. The van der Waals surface area contributed by atoms with Gasteiger partial charge in [0, 0.05) is 29.6 Å². The Kier molecular flexibility index (Phi) is 5.40. The molecule has 0 aliphatic rings.